The first-order valence-electron chi connectivity index (χ1n) is 4.75. The predicted molar refractivity (Wildman–Crippen MR) is 56.6 cm³/mol. The second-order valence-corrected chi connectivity index (χ2v) is 2.97. The molecule has 1 aromatic carbocycles. The Labute approximate surface area is 89.0 Å². The normalized spacial score (nSPS) is 11.9. The first-order valence-corrected chi connectivity index (χ1v) is 4.75. The van der Waals surface area contributed by atoms with Gasteiger partial charge in [0, 0.05) is 5.56 Å². The maximum absolute atomic E-state index is 11.3. The Morgan fingerprint density at radius 2 is 2.13 bits per heavy atom. The van der Waals surface area contributed by atoms with Gasteiger partial charge in [-0.25, -0.2) is 0 Å². The minimum Gasteiger partial charge on any atom is -0.494 e. The highest BCUT2D eigenvalue weighted by molar-refractivity contribution is 5.78. The van der Waals surface area contributed by atoms with Gasteiger partial charge in [0.1, 0.15) is 11.8 Å². The topological polar surface area (TPSA) is 61.5 Å². The molecule has 0 aliphatic carbocycles. The van der Waals surface area contributed by atoms with Crippen LogP contribution in [0.4, 0.5) is 0 Å². The second-order valence-electron chi connectivity index (χ2n) is 2.97. The summed E-state index contributed by atoms with van der Waals surface area (Å²) in [7, 11) is 1.31. The molecular formula is C11H15NO3. The number of carbonyl (C=O) groups excluding carboxylic acids is 1. The lowest BCUT2D eigenvalue weighted by atomic mass is 10.1. The van der Waals surface area contributed by atoms with Crippen LogP contribution in [-0.4, -0.2) is 19.7 Å². The molecule has 1 atom stereocenters. The maximum atomic E-state index is 11.3. The Bertz CT molecular complexity index is 338. The molecule has 1 rings (SSSR count). The number of hydrogen-bond donors (Lipinski definition) is 1. The lowest BCUT2D eigenvalue weighted by Gasteiger charge is -2.14. The van der Waals surface area contributed by atoms with Crippen LogP contribution in [0.3, 0.4) is 0 Å². The molecule has 82 valence electrons. The number of methoxy groups -OCH3 is 1. The highest BCUT2D eigenvalue weighted by Gasteiger charge is 2.19. The summed E-state index contributed by atoms with van der Waals surface area (Å²) in [5, 5.41) is 0. The fraction of sp³-hybridized carbons (Fsp3) is 0.364. The summed E-state index contributed by atoms with van der Waals surface area (Å²) < 4.78 is 9.95. The highest BCUT2D eigenvalue weighted by atomic mass is 16.5. The van der Waals surface area contributed by atoms with E-state index in [-0.39, 0.29) is 0 Å². The molecule has 0 aliphatic rings. The molecule has 4 heteroatoms. The minimum atomic E-state index is -0.794. The Kier molecular flexibility index (Phi) is 4.12. The quantitative estimate of drug-likeness (QED) is 0.758. The van der Waals surface area contributed by atoms with E-state index in [0.29, 0.717) is 17.9 Å². The van der Waals surface area contributed by atoms with Crippen LogP contribution < -0.4 is 10.5 Å². The number of carbonyl (C=O) groups is 1. The number of nitrogens with two attached hydrogens (primary N) is 1. The number of benzene rings is 1. The van der Waals surface area contributed by atoms with Crippen LogP contribution in [0.1, 0.15) is 18.5 Å². The van der Waals surface area contributed by atoms with Crippen LogP contribution in [-0.2, 0) is 9.53 Å². The summed E-state index contributed by atoms with van der Waals surface area (Å²) in [5.41, 5.74) is 6.37. The third kappa shape index (κ3) is 2.70. The summed E-state index contributed by atoms with van der Waals surface area (Å²) in [6.07, 6.45) is 0. The first kappa shape index (κ1) is 11.5. The zero-order chi connectivity index (χ0) is 11.3. The molecule has 0 aromatic heterocycles. The molecule has 0 amide bonds. The van der Waals surface area contributed by atoms with E-state index in [1.54, 1.807) is 18.2 Å². The van der Waals surface area contributed by atoms with Gasteiger partial charge in [0.2, 0.25) is 0 Å². The van der Waals surface area contributed by atoms with Gasteiger partial charge in [-0.1, -0.05) is 18.2 Å². The van der Waals surface area contributed by atoms with Crippen molar-refractivity contribution in [3.63, 3.8) is 0 Å². The van der Waals surface area contributed by atoms with Crippen molar-refractivity contribution in [1.82, 2.24) is 0 Å². The monoisotopic (exact) mass is 209 g/mol. The highest BCUT2D eigenvalue weighted by Crippen LogP contribution is 2.24. The molecular weight excluding hydrogens is 194 g/mol. The van der Waals surface area contributed by atoms with Gasteiger partial charge in [0.05, 0.1) is 13.7 Å². The van der Waals surface area contributed by atoms with Gasteiger partial charge < -0.3 is 15.2 Å². The zero-order valence-electron chi connectivity index (χ0n) is 8.90. The number of hydrogen-bond acceptors (Lipinski definition) is 4. The van der Waals surface area contributed by atoms with Crippen LogP contribution in [0.2, 0.25) is 0 Å². The molecule has 15 heavy (non-hydrogen) atoms. The molecule has 0 fully saturated rings. The van der Waals surface area contributed by atoms with Crippen molar-refractivity contribution in [3.8, 4) is 5.75 Å². The standard InChI is InChI=1S/C11H15NO3/c1-3-15-9-7-5-4-6-8(9)10(12)11(13)14-2/h4-7,10H,3,12H2,1-2H3/t10-/m0/s1. The van der Waals surface area contributed by atoms with E-state index in [0.717, 1.165) is 0 Å². The van der Waals surface area contributed by atoms with Gasteiger partial charge in [-0.2, -0.15) is 0 Å². The summed E-state index contributed by atoms with van der Waals surface area (Å²) in [5.74, 6) is 0.153. The molecule has 0 bridgehead atoms. The van der Waals surface area contributed by atoms with Crippen molar-refractivity contribution in [1.29, 1.82) is 0 Å². The SMILES string of the molecule is CCOc1ccccc1[C@H](N)C(=O)OC. The van der Waals surface area contributed by atoms with Crippen molar-refractivity contribution >= 4 is 5.97 Å². The van der Waals surface area contributed by atoms with Gasteiger partial charge in [-0.15, -0.1) is 0 Å². The van der Waals surface area contributed by atoms with Crippen molar-refractivity contribution in [2.75, 3.05) is 13.7 Å². The number of esters is 1. The minimum absolute atomic E-state index is 0.470. The maximum Gasteiger partial charge on any atom is 0.327 e. The summed E-state index contributed by atoms with van der Waals surface area (Å²) in [6, 6.07) is 6.38. The van der Waals surface area contributed by atoms with E-state index in [1.807, 2.05) is 13.0 Å². The van der Waals surface area contributed by atoms with E-state index in [4.69, 9.17) is 10.5 Å². The number of rotatable bonds is 4. The molecule has 0 saturated heterocycles. The average Bonchev–Trinajstić information content (AvgIpc) is 2.28. The molecule has 2 N–H and O–H groups in total. The third-order valence-corrected chi connectivity index (χ3v) is 2.01. The summed E-state index contributed by atoms with van der Waals surface area (Å²) in [6.45, 7) is 2.41. The molecule has 0 saturated carbocycles. The van der Waals surface area contributed by atoms with Crippen LogP contribution in [0, 0.1) is 0 Å². The third-order valence-electron chi connectivity index (χ3n) is 2.01. The molecule has 0 aliphatic heterocycles. The first-order chi connectivity index (χ1) is 7.20. The van der Waals surface area contributed by atoms with Crippen LogP contribution >= 0.6 is 0 Å². The van der Waals surface area contributed by atoms with Gasteiger partial charge in [0.15, 0.2) is 0 Å². The lowest BCUT2D eigenvalue weighted by molar-refractivity contribution is -0.142. The number of ether oxygens (including phenoxy) is 2. The number of para-hydroxylation sites is 1. The van der Waals surface area contributed by atoms with Gasteiger partial charge in [0.25, 0.3) is 0 Å². The van der Waals surface area contributed by atoms with Crippen molar-refractivity contribution in [2.45, 2.75) is 13.0 Å². The summed E-state index contributed by atoms with van der Waals surface area (Å²) in [4.78, 5) is 11.3. The molecule has 0 heterocycles. The van der Waals surface area contributed by atoms with Crippen molar-refractivity contribution < 1.29 is 14.3 Å². The van der Waals surface area contributed by atoms with E-state index < -0.39 is 12.0 Å². The Balaban J connectivity index is 2.96. The van der Waals surface area contributed by atoms with Crippen LogP contribution in [0.25, 0.3) is 0 Å². The second kappa shape index (κ2) is 5.36. The Morgan fingerprint density at radius 1 is 1.47 bits per heavy atom. The molecule has 4 nitrogen and oxygen atoms in total. The predicted octanol–water partition coefficient (Wildman–Crippen LogP) is 1.26. The Morgan fingerprint density at radius 3 is 2.73 bits per heavy atom. The van der Waals surface area contributed by atoms with Gasteiger partial charge in [-0.05, 0) is 13.0 Å². The van der Waals surface area contributed by atoms with E-state index in [9.17, 15) is 4.79 Å². The molecule has 0 spiro atoms. The van der Waals surface area contributed by atoms with E-state index in [1.165, 1.54) is 7.11 Å². The average molecular weight is 209 g/mol. The largest absolute Gasteiger partial charge is 0.494 e. The van der Waals surface area contributed by atoms with Gasteiger partial charge in [-0.3, -0.25) is 4.79 Å². The fourth-order valence-electron chi connectivity index (χ4n) is 1.28. The van der Waals surface area contributed by atoms with Crippen LogP contribution in [0.5, 0.6) is 5.75 Å². The van der Waals surface area contributed by atoms with E-state index >= 15 is 0 Å². The smallest absolute Gasteiger partial charge is 0.327 e. The van der Waals surface area contributed by atoms with Crippen molar-refractivity contribution in [3.05, 3.63) is 29.8 Å². The molecule has 0 unspecified atom stereocenters. The Hall–Kier alpha value is -1.55. The summed E-state index contributed by atoms with van der Waals surface area (Å²) >= 11 is 0. The van der Waals surface area contributed by atoms with E-state index in [2.05, 4.69) is 4.74 Å². The molecule has 0 radical (unpaired) electrons. The van der Waals surface area contributed by atoms with Crippen LogP contribution in [0.15, 0.2) is 24.3 Å². The lowest BCUT2D eigenvalue weighted by Crippen LogP contribution is -2.23. The van der Waals surface area contributed by atoms with Crippen molar-refractivity contribution in [2.24, 2.45) is 5.73 Å². The van der Waals surface area contributed by atoms with Gasteiger partial charge >= 0.3 is 5.97 Å². The fourth-order valence-corrected chi connectivity index (χ4v) is 1.28. The zero-order valence-corrected chi connectivity index (χ0v) is 8.90. The molecule has 1 aromatic rings.